The second-order valence-corrected chi connectivity index (χ2v) is 5.50. The first-order valence-electron chi connectivity index (χ1n) is 5.91. The van der Waals surface area contributed by atoms with E-state index in [4.69, 9.17) is 23.8 Å². The molecule has 0 saturated heterocycles. The summed E-state index contributed by atoms with van der Waals surface area (Å²) in [6.45, 7) is 4.35. The number of H-pyrrole nitrogens is 1. The SMILES string of the molecule is CC(C)Cc1cc(=S)nc(-c2ccccc2Cl)[nH]1. The lowest BCUT2D eigenvalue weighted by Crippen LogP contribution is -2.00. The molecule has 18 heavy (non-hydrogen) atoms. The van der Waals surface area contributed by atoms with Crippen molar-refractivity contribution in [3.8, 4) is 11.4 Å². The van der Waals surface area contributed by atoms with Gasteiger partial charge in [0, 0.05) is 11.3 Å². The molecule has 2 nitrogen and oxygen atoms in total. The lowest BCUT2D eigenvalue weighted by atomic mass is 10.1. The van der Waals surface area contributed by atoms with E-state index < -0.39 is 0 Å². The number of nitrogens with zero attached hydrogens (tertiary/aromatic N) is 1. The van der Waals surface area contributed by atoms with Gasteiger partial charge in [-0.1, -0.05) is 49.8 Å². The molecule has 0 aliphatic rings. The van der Waals surface area contributed by atoms with E-state index in [0.29, 0.717) is 15.6 Å². The van der Waals surface area contributed by atoms with Crippen molar-refractivity contribution < 1.29 is 0 Å². The van der Waals surface area contributed by atoms with E-state index in [-0.39, 0.29) is 0 Å². The largest absolute Gasteiger partial charge is 0.343 e. The van der Waals surface area contributed by atoms with Crippen LogP contribution in [0.2, 0.25) is 5.02 Å². The van der Waals surface area contributed by atoms with Gasteiger partial charge in [0.25, 0.3) is 0 Å². The first-order chi connectivity index (χ1) is 8.56. The highest BCUT2D eigenvalue weighted by Crippen LogP contribution is 2.24. The van der Waals surface area contributed by atoms with Gasteiger partial charge in [0.2, 0.25) is 0 Å². The fraction of sp³-hybridized carbons (Fsp3) is 0.286. The summed E-state index contributed by atoms with van der Waals surface area (Å²) in [4.78, 5) is 7.66. The Bertz CT molecular complexity index is 605. The molecule has 0 saturated carbocycles. The lowest BCUT2D eigenvalue weighted by Gasteiger charge is -2.09. The quantitative estimate of drug-likeness (QED) is 0.828. The van der Waals surface area contributed by atoms with Gasteiger partial charge in [-0.2, -0.15) is 0 Å². The zero-order valence-electron chi connectivity index (χ0n) is 10.4. The minimum atomic E-state index is 0.567. The molecule has 0 fully saturated rings. The van der Waals surface area contributed by atoms with Crippen molar-refractivity contribution >= 4 is 23.8 Å². The third-order valence-electron chi connectivity index (χ3n) is 2.56. The van der Waals surface area contributed by atoms with Crippen molar-refractivity contribution in [2.75, 3.05) is 0 Å². The number of hydrogen-bond acceptors (Lipinski definition) is 2. The third-order valence-corrected chi connectivity index (χ3v) is 3.09. The highest BCUT2D eigenvalue weighted by molar-refractivity contribution is 7.71. The monoisotopic (exact) mass is 278 g/mol. The molecule has 1 aromatic carbocycles. The molecule has 0 unspecified atom stereocenters. The average Bonchev–Trinajstić information content (AvgIpc) is 2.27. The van der Waals surface area contributed by atoms with Crippen molar-refractivity contribution in [1.82, 2.24) is 9.97 Å². The second kappa shape index (κ2) is 5.63. The summed E-state index contributed by atoms with van der Waals surface area (Å²) < 4.78 is 0.597. The Morgan fingerprint density at radius 3 is 2.72 bits per heavy atom. The Morgan fingerprint density at radius 1 is 1.33 bits per heavy atom. The van der Waals surface area contributed by atoms with E-state index in [1.807, 2.05) is 30.3 Å². The minimum absolute atomic E-state index is 0.567. The molecular weight excluding hydrogens is 264 g/mol. The molecule has 2 rings (SSSR count). The molecular formula is C14H15ClN2S. The molecule has 1 N–H and O–H groups in total. The molecule has 94 valence electrons. The topological polar surface area (TPSA) is 28.7 Å². The Labute approximate surface area is 117 Å². The standard InChI is InChI=1S/C14H15ClN2S/c1-9(2)7-10-8-13(18)17-14(16-10)11-5-3-4-6-12(11)15/h3-6,8-9H,7H2,1-2H3,(H,16,17,18). The van der Waals surface area contributed by atoms with Gasteiger partial charge in [0.15, 0.2) is 0 Å². The van der Waals surface area contributed by atoms with Gasteiger partial charge in [0.05, 0.1) is 5.02 Å². The summed E-state index contributed by atoms with van der Waals surface area (Å²) in [7, 11) is 0. The van der Waals surface area contributed by atoms with Crippen LogP contribution in [0.5, 0.6) is 0 Å². The van der Waals surface area contributed by atoms with Gasteiger partial charge in [-0.05, 0) is 30.5 Å². The molecule has 0 aliphatic heterocycles. The molecule has 0 bridgehead atoms. The summed E-state index contributed by atoms with van der Waals surface area (Å²) >= 11 is 11.4. The van der Waals surface area contributed by atoms with Crippen LogP contribution in [-0.4, -0.2) is 9.97 Å². The Balaban J connectivity index is 2.49. The van der Waals surface area contributed by atoms with Gasteiger partial charge in [-0.15, -0.1) is 0 Å². The molecule has 4 heteroatoms. The number of rotatable bonds is 3. The van der Waals surface area contributed by atoms with E-state index in [1.165, 1.54) is 0 Å². The van der Waals surface area contributed by atoms with Crippen LogP contribution in [0.1, 0.15) is 19.5 Å². The predicted octanol–water partition coefficient (Wildman–Crippen LogP) is 4.66. The van der Waals surface area contributed by atoms with Crippen LogP contribution in [0.15, 0.2) is 30.3 Å². The number of halogens is 1. The minimum Gasteiger partial charge on any atom is -0.343 e. The summed E-state index contributed by atoms with van der Waals surface area (Å²) in [6, 6.07) is 9.54. The zero-order valence-corrected chi connectivity index (χ0v) is 12.0. The van der Waals surface area contributed by atoms with Crippen molar-refractivity contribution in [2.24, 2.45) is 5.92 Å². The lowest BCUT2D eigenvalue weighted by molar-refractivity contribution is 0.634. The average molecular weight is 279 g/mol. The van der Waals surface area contributed by atoms with Crippen molar-refractivity contribution in [2.45, 2.75) is 20.3 Å². The highest BCUT2D eigenvalue weighted by Gasteiger charge is 2.07. The van der Waals surface area contributed by atoms with Gasteiger partial charge in [-0.3, -0.25) is 0 Å². The first kappa shape index (κ1) is 13.2. The summed E-state index contributed by atoms with van der Waals surface area (Å²) in [5, 5.41) is 0.678. The Morgan fingerprint density at radius 2 is 2.06 bits per heavy atom. The van der Waals surface area contributed by atoms with Crippen molar-refractivity contribution in [3.63, 3.8) is 0 Å². The fourth-order valence-corrected chi connectivity index (χ4v) is 2.30. The van der Waals surface area contributed by atoms with Crippen LogP contribution in [0.25, 0.3) is 11.4 Å². The molecule has 1 heterocycles. The van der Waals surface area contributed by atoms with Crippen LogP contribution >= 0.6 is 23.8 Å². The molecule has 0 amide bonds. The molecule has 0 radical (unpaired) electrons. The fourth-order valence-electron chi connectivity index (χ4n) is 1.84. The normalized spacial score (nSPS) is 10.9. The van der Waals surface area contributed by atoms with Crippen LogP contribution in [0, 0.1) is 10.6 Å². The van der Waals surface area contributed by atoms with Gasteiger partial charge < -0.3 is 4.98 Å². The summed E-state index contributed by atoms with van der Waals surface area (Å²) in [5.74, 6) is 1.31. The summed E-state index contributed by atoms with van der Waals surface area (Å²) in [6.07, 6.45) is 0.948. The molecule has 1 aromatic heterocycles. The Hall–Kier alpha value is -1.19. The van der Waals surface area contributed by atoms with E-state index in [9.17, 15) is 0 Å². The highest BCUT2D eigenvalue weighted by atomic mass is 35.5. The number of aromatic nitrogens is 2. The smallest absolute Gasteiger partial charge is 0.140 e. The summed E-state index contributed by atoms with van der Waals surface area (Å²) in [5.41, 5.74) is 1.98. The van der Waals surface area contributed by atoms with E-state index >= 15 is 0 Å². The van der Waals surface area contributed by atoms with Crippen LogP contribution in [0.4, 0.5) is 0 Å². The predicted molar refractivity (Wildman–Crippen MR) is 78.4 cm³/mol. The van der Waals surface area contributed by atoms with E-state index in [0.717, 1.165) is 23.5 Å². The first-order valence-corrected chi connectivity index (χ1v) is 6.70. The van der Waals surface area contributed by atoms with Crippen LogP contribution < -0.4 is 0 Å². The Kier molecular flexibility index (Phi) is 4.15. The maximum atomic E-state index is 6.18. The van der Waals surface area contributed by atoms with Gasteiger partial charge in [-0.25, -0.2) is 4.98 Å². The second-order valence-electron chi connectivity index (χ2n) is 4.67. The molecule has 2 aromatic rings. The maximum absolute atomic E-state index is 6.18. The van der Waals surface area contributed by atoms with E-state index in [1.54, 1.807) is 0 Å². The maximum Gasteiger partial charge on any atom is 0.140 e. The number of nitrogens with one attached hydrogen (secondary N) is 1. The van der Waals surface area contributed by atoms with Gasteiger partial charge in [0.1, 0.15) is 10.5 Å². The number of aromatic amines is 1. The molecule has 0 aliphatic carbocycles. The third kappa shape index (κ3) is 3.18. The molecule has 0 atom stereocenters. The van der Waals surface area contributed by atoms with Crippen LogP contribution in [-0.2, 0) is 6.42 Å². The molecule has 0 spiro atoms. The number of benzene rings is 1. The zero-order chi connectivity index (χ0) is 13.1. The van der Waals surface area contributed by atoms with E-state index in [2.05, 4.69) is 23.8 Å². The van der Waals surface area contributed by atoms with Crippen LogP contribution in [0.3, 0.4) is 0 Å². The van der Waals surface area contributed by atoms with Gasteiger partial charge >= 0.3 is 0 Å². The van der Waals surface area contributed by atoms with Crippen molar-refractivity contribution in [3.05, 3.63) is 45.7 Å². The number of hydrogen-bond donors (Lipinski definition) is 1. The van der Waals surface area contributed by atoms with Crippen molar-refractivity contribution in [1.29, 1.82) is 0 Å².